The fourth-order valence-corrected chi connectivity index (χ4v) is 5.22. The minimum atomic E-state index is -0.394. The van der Waals surface area contributed by atoms with Crippen LogP contribution in [0.3, 0.4) is 0 Å². The van der Waals surface area contributed by atoms with Gasteiger partial charge in [0.2, 0.25) is 5.78 Å². The number of Topliss-reactive ketones (excluding diaryl/α,β-unsaturated/α-hetero) is 1. The standard InChI is InChI=1S/C23H17N3O2S2/c1-3-10-26-22(28)19(12-15-7-6-11-29-15)30-23(26)17(13-24)21(27)20-14(2)25-18-9-5-4-8-16(18)20/h3-9,11-12,25H,1,10H2,2H3/b19-12-,23-17+. The average Bonchev–Trinajstić information content (AvgIpc) is 3.43. The van der Waals surface area contributed by atoms with Gasteiger partial charge in [-0.25, -0.2) is 0 Å². The number of carbonyl (C=O) groups excluding carboxylic acids is 1. The first-order chi connectivity index (χ1) is 14.5. The smallest absolute Gasteiger partial charge is 0.269 e. The van der Waals surface area contributed by atoms with E-state index in [4.69, 9.17) is 0 Å². The van der Waals surface area contributed by atoms with E-state index in [1.54, 1.807) is 12.2 Å². The van der Waals surface area contributed by atoms with Crippen LogP contribution in [-0.4, -0.2) is 15.3 Å². The van der Waals surface area contributed by atoms with Crippen LogP contribution in [0.2, 0.25) is 0 Å². The van der Waals surface area contributed by atoms with E-state index in [1.807, 2.05) is 48.7 Å². The van der Waals surface area contributed by atoms with Gasteiger partial charge in [0.1, 0.15) is 16.3 Å². The molecule has 1 N–H and O–H groups in total. The number of para-hydroxylation sites is 1. The number of nitrogens with zero attached hydrogens (tertiary/aromatic N) is 2. The van der Waals surface area contributed by atoms with Crippen LogP contribution in [-0.2, 0) is 6.54 Å². The Hall–Kier alpha value is -3.47. The summed E-state index contributed by atoms with van der Waals surface area (Å²) >= 11 is 2.67. The first-order valence-corrected chi connectivity index (χ1v) is 10.9. The molecule has 4 aromatic rings. The second-order valence-electron chi connectivity index (χ2n) is 6.62. The topological polar surface area (TPSA) is 78.7 Å². The molecule has 7 heteroatoms. The number of thiophene rings is 1. The minimum Gasteiger partial charge on any atom is -0.358 e. The quantitative estimate of drug-likeness (QED) is 0.389. The van der Waals surface area contributed by atoms with Gasteiger partial charge in [0.25, 0.3) is 5.56 Å². The van der Waals surface area contributed by atoms with Gasteiger partial charge in [-0.1, -0.05) is 30.3 Å². The largest absolute Gasteiger partial charge is 0.358 e. The molecule has 30 heavy (non-hydrogen) atoms. The molecule has 1 aromatic carbocycles. The van der Waals surface area contributed by atoms with E-state index in [9.17, 15) is 14.9 Å². The van der Waals surface area contributed by atoms with Crippen LogP contribution < -0.4 is 14.8 Å². The first kappa shape index (κ1) is 19.8. The summed E-state index contributed by atoms with van der Waals surface area (Å²) in [6, 6.07) is 13.3. The van der Waals surface area contributed by atoms with Crippen LogP contribution in [0.25, 0.3) is 22.6 Å². The molecule has 0 atom stereocenters. The number of ketones is 1. The molecular formula is C23H17N3O2S2. The monoisotopic (exact) mass is 431 g/mol. The number of hydrogen-bond donors (Lipinski definition) is 1. The van der Waals surface area contributed by atoms with Crippen molar-refractivity contribution in [3.05, 3.63) is 90.1 Å². The minimum absolute atomic E-state index is 0.0439. The summed E-state index contributed by atoms with van der Waals surface area (Å²) in [7, 11) is 0. The fraction of sp³-hybridized carbons (Fsp3) is 0.0870. The van der Waals surface area contributed by atoms with Crippen LogP contribution in [0.15, 0.2) is 59.2 Å². The zero-order valence-corrected chi connectivity index (χ0v) is 17.8. The van der Waals surface area contributed by atoms with E-state index >= 15 is 0 Å². The number of thiazole rings is 1. The molecule has 0 saturated carbocycles. The van der Waals surface area contributed by atoms with Crippen LogP contribution in [0.1, 0.15) is 20.9 Å². The highest BCUT2D eigenvalue weighted by Gasteiger charge is 2.22. The molecule has 0 fully saturated rings. The molecule has 0 aliphatic carbocycles. The number of nitrogens with one attached hydrogen (secondary N) is 1. The van der Waals surface area contributed by atoms with Crippen LogP contribution in [0, 0.1) is 18.3 Å². The summed E-state index contributed by atoms with van der Waals surface area (Å²) < 4.78 is 2.27. The van der Waals surface area contributed by atoms with Gasteiger partial charge >= 0.3 is 0 Å². The fourth-order valence-electron chi connectivity index (χ4n) is 3.39. The lowest BCUT2D eigenvalue weighted by Crippen LogP contribution is -2.32. The number of aromatic nitrogens is 2. The summed E-state index contributed by atoms with van der Waals surface area (Å²) in [5.74, 6) is -0.394. The molecular weight excluding hydrogens is 414 g/mol. The van der Waals surface area contributed by atoms with Crippen molar-refractivity contribution < 1.29 is 4.79 Å². The van der Waals surface area contributed by atoms with E-state index in [1.165, 1.54) is 15.9 Å². The van der Waals surface area contributed by atoms with Crippen molar-refractivity contribution in [3.63, 3.8) is 0 Å². The van der Waals surface area contributed by atoms with Crippen molar-refractivity contribution in [3.8, 4) is 6.07 Å². The molecule has 3 aromatic heterocycles. The third-order valence-corrected chi connectivity index (χ3v) is 6.66. The molecule has 3 heterocycles. The normalized spacial score (nSPS) is 12.7. The van der Waals surface area contributed by atoms with Crippen LogP contribution >= 0.6 is 22.7 Å². The maximum atomic E-state index is 13.4. The van der Waals surface area contributed by atoms with E-state index in [2.05, 4.69) is 17.6 Å². The van der Waals surface area contributed by atoms with E-state index < -0.39 is 5.78 Å². The van der Waals surface area contributed by atoms with Gasteiger partial charge in [-0.15, -0.1) is 29.3 Å². The summed E-state index contributed by atoms with van der Waals surface area (Å²) in [5.41, 5.74) is 1.69. The molecule has 0 spiro atoms. The molecule has 4 rings (SSSR count). The molecule has 0 saturated heterocycles. The molecule has 0 unspecified atom stereocenters. The highest BCUT2D eigenvalue weighted by molar-refractivity contribution is 7.11. The number of aryl methyl sites for hydroxylation is 1. The Morgan fingerprint density at radius 3 is 2.80 bits per heavy atom. The molecule has 0 bridgehead atoms. The third kappa shape index (κ3) is 3.36. The number of aromatic amines is 1. The number of H-pyrrole nitrogens is 1. The molecule has 5 nitrogen and oxygen atoms in total. The summed E-state index contributed by atoms with van der Waals surface area (Å²) in [4.78, 5) is 30.5. The number of allylic oxidation sites excluding steroid dienone is 1. The van der Waals surface area contributed by atoms with Crippen molar-refractivity contribution in [2.45, 2.75) is 13.5 Å². The molecule has 0 aliphatic heterocycles. The summed E-state index contributed by atoms with van der Waals surface area (Å²) in [6.07, 6.45) is 3.38. The second kappa shape index (κ2) is 8.11. The third-order valence-electron chi connectivity index (χ3n) is 4.71. The second-order valence-corrected chi connectivity index (χ2v) is 8.63. The Labute approximate surface area is 180 Å². The maximum absolute atomic E-state index is 13.4. The van der Waals surface area contributed by atoms with Gasteiger partial charge in [0, 0.05) is 28.0 Å². The van der Waals surface area contributed by atoms with E-state index in [0.717, 1.165) is 27.1 Å². The number of fused-ring (bicyclic) bond motifs is 1. The number of carbonyl (C=O) groups is 1. The summed E-state index contributed by atoms with van der Waals surface area (Å²) in [5, 5.41) is 12.6. The Balaban J connectivity index is 2.02. The van der Waals surface area contributed by atoms with Gasteiger partial charge in [-0.3, -0.25) is 14.2 Å². The number of benzene rings is 1. The van der Waals surface area contributed by atoms with Crippen molar-refractivity contribution in [2.75, 3.05) is 0 Å². The number of rotatable bonds is 5. The number of nitriles is 1. The van der Waals surface area contributed by atoms with E-state index in [-0.39, 0.29) is 17.7 Å². The first-order valence-electron chi connectivity index (χ1n) is 9.17. The Kier molecular flexibility index (Phi) is 5.36. The number of hydrogen-bond acceptors (Lipinski definition) is 5. The molecule has 0 amide bonds. The zero-order chi connectivity index (χ0) is 21.3. The lowest BCUT2D eigenvalue weighted by molar-refractivity contribution is 0.105. The maximum Gasteiger partial charge on any atom is 0.269 e. The van der Waals surface area contributed by atoms with Gasteiger partial charge < -0.3 is 4.98 Å². The van der Waals surface area contributed by atoms with E-state index in [0.29, 0.717) is 20.5 Å². The van der Waals surface area contributed by atoms with Crippen molar-refractivity contribution in [2.24, 2.45) is 0 Å². The van der Waals surface area contributed by atoms with Crippen molar-refractivity contribution >= 4 is 51.0 Å². The Morgan fingerprint density at radius 2 is 2.10 bits per heavy atom. The predicted molar refractivity (Wildman–Crippen MR) is 122 cm³/mol. The SMILES string of the molecule is C=CCn1c(=O)/c(=C/c2cccs2)s/c1=C(\C#N)C(=O)c1c(C)[nH]c2ccccc12. The Bertz CT molecular complexity index is 1490. The highest BCUT2D eigenvalue weighted by atomic mass is 32.1. The van der Waals surface area contributed by atoms with Crippen LogP contribution in [0.5, 0.6) is 0 Å². The van der Waals surface area contributed by atoms with Crippen molar-refractivity contribution in [1.29, 1.82) is 5.26 Å². The molecule has 0 radical (unpaired) electrons. The van der Waals surface area contributed by atoms with Crippen LogP contribution in [0.4, 0.5) is 0 Å². The van der Waals surface area contributed by atoms with Gasteiger partial charge in [-0.05, 0) is 30.5 Å². The van der Waals surface area contributed by atoms with Crippen molar-refractivity contribution in [1.82, 2.24) is 9.55 Å². The molecule has 148 valence electrons. The summed E-state index contributed by atoms with van der Waals surface area (Å²) in [6.45, 7) is 5.74. The highest BCUT2D eigenvalue weighted by Crippen LogP contribution is 2.24. The lowest BCUT2D eigenvalue weighted by atomic mass is 10.0. The van der Waals surface area contributed by atoms with Gasteiger partial charge in [-0.2, -0.15) is 5.26 Å². The van der Waals surface area contributed by atoms with Gasteiger partial charge in [0.05, 0.1) is 10.1 Å². The lowest BCUT2D eigenvalue weighted by Gasteiger charge is -2.02. The van der Waals surface area contributed by atoms with Gasteiger partial charge in [0.15, 0.2) is 0 Å². The Morgan fingerprint density at radius 1 is 1.30 bits per heavy atom. The zero-order valence-electron chi connectivity index (χ0n) is 16.1. The molecule has 0 aliphatic rings. The average molecular weight is 432 g/mol. The predicted octanol–water partition coefficient (Wildman–Crippen LogP) is 3.33.